The lowest BCUT2D eigenvalue weighted by atomic mass is 9.78. The molecule has 0 radical (unpaired) electrons. The van der Waals surface area contributed by atoms with Crippen LogP contribution in [0, 0.1) is 0 Å². The van der Waals surface area contributed by atoms with Gasteiger partial charge in [-0.05, 0) is 17.5 Å². The summed E-state index contributed by atoms with van der Waals surface area (Å²) in [4.78, 5) is 24.4. The third kappa shape index (κ3) is 2.58. The molecule has 0 spiro atoms. The summed E-state index contributed by atoms with van der Waals surface area (Å²) in [5, 5.41) is 21.4. The maximum Gasteiger partial charge on any atom is 0.326 e. The highest BCUT2D eigenvalue weighted by molar-refractivity contribution is 5.83. The SMILES string of the molecule is O=C(O)[C@@H]1C[C@H](O)CN1C(=O)NCC1Cc2ccccc21. The molecule has 3 atom stereocenters. The summed E-state index contributed by atoms with van der Waals surface area (Å²) in [5.74, 6) is -0.781. The van der Waals surface area contributed by atoms with Gasteiger partial charge in [0, 0.05) is 25.4 Å². The Labute approximate surface area is 122 Å². The molecule has 3 N–H and O–H groups in total. The van der Waals surface area contributed by atoms with Gasteiger partial charge in [-0.3, -0.25) is 0 Å². The van der Waals surface area contributed by atoms with E-state index >= 15 is 0 Å². The average Bonchev–Trinajstić information content (AvgIpc) is 2.82. The first kappa shape index (κ1) is 13.9. The van der Waals surface area contributed by atoms with E-state index in [1.165, 1.54) is 16.0 Å². The molecule has 1 aromatic carbocycles. The number of nitrogens with zero attached hydrogens (tertiary/aromatic N) is 1. The van der Waals surface area contributed by atoms with Crippen molar-refractivity contribution in [1.82, 2.24) is 10.2 Å². The number of benzene rings is 1. The number of amides is 2. The van der Waals surface area contributed by atoms with Crippen LogP contribution in [-0.2, 0) is 11.2 Å². The number of hydrogen-bond acceptors (Lipinski definition) is 3. The second-order valence-electron chi connectivity index (χ2n) is 5.68. The number of aliphatic carboxylic acids is 1. The number of carboxylic acids is 1. The number of carboxylic acid groups (broad SMARTS) is 1. The first-order valence-corrected chi connectivity index (χ1v) is 7.09. The Morgan fingerprint density at radius 2 is 2.10 bits per heavy atom. The predicted octanol–water partition coefficient (Wildman–Crippen LogP) is 0.556. The van der Waals surface area contributed by atoms with Gasteiger partial charge in [0.2, 0.25) is 0 Å². The summed E-state index contributed by atoms with van der Waals surface area (Å²) in [5.41, 5.74) is 2.55. The van der Waals surface area contributed by atoms with Crippen molar-refractivity contribution in [2.24, 2.45) is 0 Å². The molecule has 0 aromatic heterocycles. The Balaban J connectivity index is 1.57. The number of carbonyl (C=O) groups is 2. The number of urea groups is 1. The first-order chi connectivity index (χ1) is 10.1. The molecule has 3 rings (SSSR count). The topological polar surface area (TPSA) is 89.9 Å². The number of nitrogens with one attached hydrogen (secondary N) is 1. The van der Waals surface area contributed by atoms with Crippen LogP contribution >= 0.6 is 0 Å². The van der Waals surface area contributed by atoms with Gasteiger partial charge in [-0.2, -0.15) is 0 Å². The molecule has 21 heavy (non-hydrogen) atoms. The number of hydrogen-bond donors (Lipinski definition) is 3. The van der Waals surface area contributed by atoms with Crippen LogP contribution in [0.25, 0.3) is 0 Å². The van der Waals surface area contributed by atoms with E-state index in [2.05, 4.69) is 17.4 Å². The third-order valence-corrected chi connectivity index (χ3v) is 4.29. The fourth-order valence-electron chi connectivity index (χ4n) is 3.13. The maximum atomic E-state index is 12.1. The number of rotatable bonds is 3. The van der Waals surface area contributed by atoms with Gasteiger partial charge in [-0.25, -0.2) is 9.59 Å². The zero-order chi connectivity index (χ0) is 15.0. The van der Waals surface area contributed by atoms with E-state index < -0.39 is 24.1 Å². The van der Waals surface area contributed by atoms with Gasteiger partial charge < -0.3 is 20.4 Å². The van der Waals surface area contributed by atoms with Gasteiger partial charge in [-0.1, -0.05) is 24.3 Å². The average molecular weight is 290 g/mol. The van der Waals surface area contributed by atoms with Gasteiger partial charge in [0.15, 0.2) is 0 Å². The minimum Gasteiger partial charge on any atom is -0.480 e. The zero-order valence-corrected chi connectivity index (χ0v) is 11.5. The minimum absolute atomic E-state index is 0.0735. The normalized spacial score (nSPS) is 26.9. The zero-order valence-electron chi connectivity index (χ0n) is 11.5. The number of aliphatic hydroxyl groups excluding tert-OH is 1. The van der Waals surface area contributed by atoms with Crippen molar-refractivity contribution in [2.75, 3.05) is 13.1 Å². The van der Waals surface area contributed by atoms with Gasteiger partial charge in [0.1, 0.15) is 6.04 Å². The van der Waals surface area contributed by atoms with E-state index in [1.807, 2.05) is 12.1 Å². The van der Waals surface area contributed by atoms with E-state index in [9.17, 15) is 14.7 Å². The Kier molecular flexibility index (Phi) is 3.55. The van der Waals surface area contributed by atoms with Crippen molar-refractivity contribution in [1.29, 1.82) is 0 Å². The third-order valence-electron chi connectivity index (χ3n) is 4.29. The molecule has 1 saturated heterocycles. The smallest absolute Gasteiger partial charge is 0.326 e. The van der Waals surface area contributed by atoms with Crippen LogP contribution in [0.2, 0.25) is 0 Å². The lowest BCUT2D eigenvalue weighted by Crippen LogP contribution is -2.47. The molecule has 1 fully saturated rings. The molecule has 1 aromatic rings. The summed E-state index contributed by atoms with van der Waals surface area (Å²) >= 11 is 0. The fraction of sp³-hybridized carbons (Fsp3) is 0.467. The van der Waals surface area contributed by atoms with Crippen molar-refractivity contribution in [3.8, 4) is 0 Å². The molecule has 6 heteroatoms. The summed E-state index contributed by atoms with van der Waals surface area (Å²) in [6.07, 6.45) is 0.262. The number of β-amino-alcohol motifs (C(OH)–C–C–N with tert-alkyl or cyclic N) is 1. The molecule has 112 valence electrons. The van der Waals surface area contributed by atoms with E-state index in [4.69, 9.17) is 5.11 Å². The van der Waals surface area contributed by atoms with Crippen molar-refractivity contribution in [3.63, 3.8) is 0 Å². The molecule has 2 amide bonds. The first-order valence-electron chi connectivity index (χ1n) is 7.09. The molecule has 6 nitrogen and oxygen atoms in total. The molecule has 1 heterocycles. The highest BCUT2D eigenvalue weighted by Gasteiger charge is 2.39. The van der Waals surface area contributed by atoms with Crippen LogP contribution in [-0.4, -0.2) is 52.3 Å². The summed E-state index contributed by atoms with van der Waals surface area (Å²) in [7, 11) is 0. The van der Waals surface area contributed by atoms with Gasteiger partial charge in [-0.15, -0.1) is 0 Å². The summed E-state index contributed by atoms with van der Waals surface area (Å²) < 4.78 is 0. The molecule has 0 saturated carbocycles. The van der Waals surface area contributed by atoms with E-state index in [-0.39, 0.29) is 13.0 Å². The Bertz CT molecular complexity index is 575. The number of aliphatic hydroxyl groups is 1. The predicted molar refractivity (Wildman–Crippen MR) is 75.0 cm³/mol. The minimum atomic E-state index is -1.07. The van der Waals surface area contributed by atoms with Gasteiger partial charge >= 0.3 is 12.0 Å². The monoisotopic (exact) mass is 290 g/mol. The quantitative estimate of drug-likeness (QED) is 0.758. The van der Waals surface area contributed by atoms with Crippen LogP contribution in [0.15, 0.2) is 24.3 Å². The maximum absolute atomic E-state index is 12.1. The van der Waals surface area contributed by atoms with Crippen LogP contribution in [0.1, 0.15) is 23.5 Å². The Hall–Kier alpha value is -2.08. The molecule has 0 bridgehead atoms. The number of likely N-dealkylation sites (tertiary alicyclic amines) is 1. The number of carbonyl (C=O) groups excluding carboxylic acids is 1. The lowest BCUT2D eigenvalue weighted by Gasteiger charge is -2.31. The molecular formula is C15H18N2O4. The molecule has 1 aliphatic carbocycles. The molecular weight excluding hydrogens is 272 g/mol. The molecule has 1 unspecified atom stereocenters. The Morgan fingerprint density at radius 1 is 1.33 bits per heavy atom. The van der Waals surface area contributed by atoms with E-state index in [1.54, 1.807) is 0 Å². The van der Waals surface area contributed by atoms with Crippen LogP contribution in [0.4, 0.5) is 4.79 Å². The molecule has 2 aliphatic rings. The van der Waals surface area contributed by atoms with Crippen molar-refractivity contribution >= 4 is 12.0 Å². The Morgan fingerprint density at radius 3 is 2.81 bits per heavy atom. The summed E-state index contributed by atoms with van der Waals surface area (Å²) in [6, 6.07) is 6.75. The van der Waals surface area contributed by atoms with Crippen molar-refractivity contribution < 1.29 is 19.8 Å². The van der Waals surface area contributed by atoms with Gasteiger partial charge in [0.25, 0.3) is 0 Å². The second kappa shape index (κ2) is 5.37. The lowest BCUT2D eigenvalue weighted by molar-refractivity contribution is -0.141. The second-order valence-corrected chi connectivity index (χ2v) is 5.68. The number of fused-ring (bicyclic) bond motifs is 1. The van der Waals surface area contributed by atoms with Crippen LogP contribution in [0.5, 0.6) is 0 Å². The largest absolute Gasteiger partial charge is 0.480 e. The molecule has 1 aliphatic heterocycles. The van der Waals surface area contributed by atoms with Gasteiger partial charge in [0.05, 0.1) is 6.10 Å². The highest BCUT2D eigenvalue weighted by Crippen LogP contribution is 2.34. The van der Waals surface area contributed by atoms with Crippen molar-refractivity contribution in [2.45, 2.75) is 30.9 Å². The summed E-state index contributed by atoms with van der Waals surface area (Å²) in [6.45, 7) is 0.568. The fourth-order valence-corrected chi connectivity index (χ4v) is 3.13. The van der Waals surface area contributed by atoms with Crippen molar-refractivity contribution in [3.05, 3.63) is 35.4 Å². The van der Waals surface area contributed by atoms with E-state index in [0.717, 1.165) is 6.42 Å². The van der Waals surface area contributed by atoms with Crippen LogP contribution in [0.3, 0.4) is 0 Å². The van der Waals surface area contributed by atoms with E-state index in [0.29, 0.717) is 12.5 Å². The van der Waals surface area contributed by atoms with Crippen LogP contribution < -0.4 is 5.32 Å². The standard InChI is InChI=1S/C15H18N2O4/c18-11-6-13(14(19)20)17(8-11)15(21)16-7-10-5-9-3-1-2-4-12(9)10/h1-4,10-11,13,18H,5-8H2,(H,16,21)(H,19,20)/t10?,11-,13-/m0/s1. The highest BCUT2D eigenvalue weighted by atomic mass is 16.4.